The molecule has 2 heterocycles. The Morgan fingerprint density at radius 3 is 2.95 bits per heavy atom. The molecular formula is C13H10F2N2OS. The number of benzene rings is 1. The molecule has 1 saturated heterocycles. The number of rotatable bonds is 1. The highest BCUT2D eigenvalue weighted by Crippen LogP contribution is 2.28. The van der Waals surface area contributed by atoms with Crippen LogP contribution in [0.5, 0.6) is 0 Å². The van der Waals surface area contributed by atoms with E-state index >= 15 is 0 Å². The Bertz CT molecular complexity index is 613. The second kappa shape index (κ2) is 4.77. The third-order valence-electron chi connectivity index (χ3n) is 2.92. The molecule has 0 unspecified atom stereocenters. The average molecular weight is 280 g/mol. The van der Waals surface area contributed by atoms with E-state index in [9.17, 15) is 13.6 Å². The lowest BCUT2D eigenvalue weighted by Gasteiger charge is -2.21. The molecule has 0 bridgehead atoms. The number of hydrogen-bond donors (Lipinski definition) is 0. The van der Waals surface area contributed by atoms with Crippen LogP contribution in [0.3, 0.4) is 0 Å². The highest BCUT2D eigenvalue weighted by atomic mass is 32.2. The first-order valence-electron chi connectivity index (χ1n) is 5.85. The van der Waals surface area contributed by atoms with Crippen LogP contribution in [0.4, 0.5) is 8.78 Å². The Hall–Kier alpha value is -1.69. The van der Waals surface area contributed by atoms with E-state index in [1.165, 1.54) is 23.9 Å². The molecule has 19 heavy (non-hydrogen) atoms. The molecular weight excluding hydrogens is 270 g/mol. The van der Waals surface area contributed by atoms with Gasteiger partial charge >= 0.3 is 0 Å². The number of thioether (sulfide) groups is 1. The predicted molar refractivity (Wildman–Crippen MR) is 70.6 cm³/mol. The van der Waals surface area contributed by atoms with Crippen molar-refractivity contribution in [3.8, 4) is 0 Å². The first-order chi connectivity index (χ1) is 9.15. The topological polar surface area (TPSA) is 32.7 Å². The van der Waals surface area contributed by atoms with Gasteiger partial charge in [-0.05, 0) is 24.6 Å². The van der Waals surface area contributed by atoms with Crippen molar-refractivity contribution >= 4 is 28.9 Å². The molecule has 1 aromatic carbocycles. The Morgan fingerprint density at radius 1 is 1.37 bits per heavy atom. The van der Waals surface area contributed by atoms with Crippen LogP contribution in [-0.4, -0.2) is 28.3 Å². The fourth-order valence-electron chi connectivity index (χ4n) is 1.99. The largest absolute Gasteiger partial charge is 0.286 e. The van der Waals surface area contributed by atoms with E-state index in [0.29, 0.717) is 11.7 Å². The third-order valence-corrected chi connectivity index (χ3v) is 3.99. The monoisotopic (exact) mass is 280 g/mol. The van der Waals surface area contributed by atoms with Gasteiger partial charge in [0, 0.05) is 23.9 Å². The van der Waals surface area contributed by atoms with Crippen LogP contribution in [0, 0.1) is 11.6 Å². The van der Waals surface area contributed by atoms with Crippen LogP contribution in [0.15, 0.2) is 28.9 Å². The van der Waals surface area contributed by atoms with Gasteiger partial charge in [0.15, 0.2) is 5.17 Å². The van der Waals surface area contributed by atoms with Crippen molar-refractivity contribution in [1.82, 2.24) is 4.90 Å². The van der Waals surface area contributed by atoms with Gasteiger partial charge in [0.2, 0.25) is 0 Å². The summed E-state index contributed by atoms with van der Waals surface area (Å²) in [5.74, 6) is -0.624. The summed E-state index contributed by atoms with van der Waals surface area (Å²) in [6.07, 6.45) is 2.29. The number of carbonyl (C=O) groups is 1. The minimum atomic E-state index is -0.696. The van der Waals surface area contributed by atoms with E-state index in [4.69, 9.17) is 0 Å². The fourth-order valence-corrected chi connectivity index (χ4v) is 2.94. The van der Waals surface area contributed by atoms with Gasteiger partial charge in [0.1, 0.15) is 17.3 Å². The second-order valence-electron chi connectivity index (χ2n) is 4.25. The van der Waals surface area contributed by atoms with E-state index in [1.807, 2.05) is 0 Å². The third kappa shape index (κ3) is 2.28. The number of amidine groups is 1. The average Bonchev–Trinajstić information content (AvgIpc) is 2.70. The maximum absolute atomic E-state index is 13.5. The number of aliphatic imine (C=N–C) groups is 1. The zero-order valence-electron chi connectivity index (χ0n) is 9.90. The minimum Gasteiger partial charge on any atom is -0.286 e. The number of hydrogen-bond acceptors (Lipinski definition) is 3. The van der Waals surface area contributed by atoms with Crippen molar-refractivity contribution in [2.24, 2.45) is 4.99 Å². The molecule has 1 amide bonds. The van der Waals surface area contributed by atoms with Gasteiger partial charge in [0.25, 0.3) is 5.91 Å². The molecule has 98 valence electrons. The van der Waals surface area contributed by atoms with Gasteiger partial charge in [-0.2, -0.15) is 0 Å². The van der Waals surface area contributed by atoms with Crippen molar-refractivity contribution in [2.75, 3.05) is 12.3 Å². The van der Waals surface area contributed by atoms with Crippen LogP contribution in [0.1, 0.15) is 12.0 Å². The Balaban J connectivity index is 1.96. The molecule has 1 aromatic rings. The summed E-state index contributed by atoms with van der Waals surface area (Å²) in [7, 11) is 0. The summed E-state index contributed by atoms with van der Waals surface area (Å²) in [5, 5.41) is 0.671. The zero-order valence-corrected chi connectivity index (χ0v) is 10.7. The standard InChI is InChI=1S/C13H10F2N2OS/c14-9-3-2-8(10(15)7-9)6-11-12(18)17-4-1-5-19-13(17)16-11/h2-3,6-7H,1,4-5H2/b11-6+. The SMILES string of the molecule is O=C1/C(=C\c2ccc(F)cc2F)N=C2SCCCN12. The first-order valence-corrected chi connectivity index (χ1v) is 6.84. The van der Waals surface area contributed by atoms with Crippen LogP contribution >= 0.6 is 11.8 Å². The zero-order chi connectivity index (χ0) is 13.4. The van der Waals surface area contributed by atoms with Crippen molar-refractivity contribution in [1.29, 1.82) is 0 Å². The summed E-state index contributed by atoms with van der Waals surface area (Å²) in [6.45, 7) is 0.647. The van der Waals surface area contributed by atoms with Crippen molar-refractivity contribution in [3.63, 3.8) is 0 Å². The quantitative estimate of drug-likeness (QED) is 0.741. The lowest BCUT2D eigenvalue weighted by Crippen LogP contribution is -2.34. The lowest BCUT2D eigenvalue weighted by atomic mass is 10.1. The molecule has 0 aliphatic carbocycles. The number of halogens is 2. The fraction of sp³-hybridized carbons (Fsp3) is 0.231. The molecule has 3 nitrogen and oxygen atoms in total. The minimum absolute atomic E-state index is 0.166. The van der Waals surface area contributed by atoms with Crippen LogP contribution < -0.4 is 0 Å². The smallest absolute Gasteiger partial charge is 0.278 e. The van der Waals surface area contributed by atoms with Crippen molar-refractivity contribution < 1.29 is 13.6 Å². The normalized spacial score (nSPS) is 20.7. The molecule has 0 aromatic heterocycles. The maximum atomic E-state index is 13.5. The van der Waals surface area contributed by atoms with E-state index in [-0.39, 0.29) is 17.2 Å². The number of carbonyl (C=O) groups excluding carboxylic acids is 1. The summed E-state index contributed by atoms with van der Waals surface area (Å²) < 4.78 is 26.4. The highest BCUT2D eigenvalue weighted by Gasteiger charge is 2.32. The van der Waals surface area contributed by atoms with Crippen LogP contribution in [0.25, 0.3) is 6.08 Å². The molecule has 2 aliphatic heterocycles. The molecule has 1 fully saturated rings. The predicted octanol–water partition coefficient (Wildman–Crippen LogP) is 2.64. The molecule has 0 saturated carbocycles. The van der Waals surface area contributed by atoms with E-state index in [0.717, 1.165) is 24.3 Å². The number of amides is 1. The number of nitrogens with zero attached hydrogens (tertiary/aromatic N) is 2. The molecule has 0 N–H and O–H groups in total. The molecule has 0 atom stereocenters. The summed E-state index contributed by atoms with van der Waals surface area (Å²) >= 11 is 1.52. The van der Waals surface area contributed by atoms with Crippen molar-refractivity contribution in [3.05, 3.63) is 41.1 Å². The van der Waals surface area contributed by atoms with E-state index < -0.39 is 11.6 Å². The molecule has 2 aliphatic rings. The van der Waals surface area contributed by atoms with Crippen LogP contribution in [-0.2, 0) is 4.79 Å². The van der Waals surface area contributed by atoms with Gasteiger partial charge in [-0.15, -0.1) is 0 Å². The first kappa shape index (κ1) is 12.3. The van der Waals surface area contributed by atoms with Crippen LogP contribution in [0.2, 0.25) is 0 Å². The molecule has 0 spiro atoms. The van der Waals surface area contributed by atoms with Gasteiger partial charge in [0.05, 0.1) is 0 Å². The van der Waals surface area contributed by atoms with E-state index in [2.05, 4.69) is 4.99 Å². The van der Waals surface area contributed by atoms with Gasteiger partial charge in [-0.25, -0.2) is 13.8 Å². The Labute approximate surface area is 113 Å². The molecule has 0 radical (unpaired) electrons. The lowest BCUT2D eigenvalue weighted by molar-refractivity contribution is -0.122. The van der Waals surface area contributed by atoms with Gasteiger partial charge in [-0.1, -0.05) is 11.8 Å². The van der Waals surface area contributed by atoms with Gasteiger partial charge in [-0.3, -0.25) is 9.69 Å². The van der Waals surface area contributed by atoms with Gasteiger partial charge < -0.3 is 0 Å². The number of fused-ring (bicyclic) bond motifs is 1. The Kier molecular flexibility index (Phi) is 3.10. The maximum Gasteiger partial charge on any atom is 0.278 e. The molecule has 6 heteroatoms. The summed E-state index contributed by atoms with van der Waals surface area (Å²) in [5.41, 5.74) is 0.369. The Morgan fingerprint density at radius 2 is 2.21 bits per heavy atom. The molecule has 3 rings (SSSR count). The summed E-state index contributed by atoms with van der Waals surface area (Å²) in [6, 6.07) is 3.25. The second-order valence-corrected chi connectivity index (χ2v) is 5.31. The van der Waals surface area contributed by atoms with E-state index in [1.54, 1.807) is 4.90 Å². The highest BCUT2D eigenvalue weighted by molar-refractivity contribution is 8.13. The summed E-state index contributed by atoms with van der Waals surface area (Å²) in [4.78, 5) is 17.9. The van der Waals surface area contributed by atoms with Crippen molar-refractivity contribution in [2.45, 2.75) is 6.42 Å².